The maximum Gasteiger partial charge on any atom is 0.417 e. The van der Waals surface area contributed by atoms with Crippen molar-refractivity contribution >= 4 is 23.9 Å². The van der Waals surface area contributed by atoms with Crippen LogP contribution in [0.4, 0.5) is 25.7 Å². The Labute approximate surface area is 283 Å². The Balaban J connectivity index is 1.26. The number of hydrogen-bond donors (Lipinski definition) is 2. The molecule has 1 aliphatic carbocycles. The van der Waals surface area contributed by atoms with Crippen molar-refractivity contribution in [1.82, 2.24) is 35.1 Å². The van der Waals surface area contributed by atoms with Gasteiger partial charge < -0.3 is 14.8 Å². The third-order valence-electron chi connectivity index (χ3n) is 7.95. The van der Waals surface area contributed by atoms with E-state index in [-0.39, 0.29) is 12.0 Å². The third-order valence-corrected chi connectivity index (χ3v) is 7.95. The number of halogens is 1. The predicted octanol–water partition coefficient (Wildman–Crippen LogP) is 5.20. The van der Waals surface area contributed by atoms with E-state index in [0.717, 1.165) is 18.5 Å². The van der Waals surface area contributed by atoms with E-state index in [0.29, 0.717) is 47.9 Å². The molecule has 1 aliphatic heterocycles. The summed E-state index contributed by atoms with van der Waals surface area (Å²) in [7, 11) is 1.59. The number of amides is 3. The van der Waals surface area contributed by atoms with Crippen LogP contribution in [0.3, 0.4) is 0 Å². The number of hydrogen-bond acceptors (Lipinski definition) is 10. The molecule has 14 nitrogen and oxygen atoms in total. The number of carbonyl (C=O) groups excluding carboxylic acids is 2. The Morgan fingerprint density at radius 3 is 2.49 bits per heavy atom. The first kappa shape index (κ1) is 33.9. The van der Waals surface area contributed by atoms with E-state index in [1.165, 1.54) is 17.2 Å². The number of anilines is 2. The number of aromatic nitrogens is 5. The normalized spacial score (nSPS) is 17.9. The number of hydroxylamine groups is 2. The Morgan fingerprint density at radius 2 is 1.84 bits per heavy atom. The maximum absolute atomic E-state index is 14.0. The molecule has 0 unspecified atom stereocenters. The van der Waals surface area contributed by atoms with Gasteiger partial charge in [0.15, 0.2) is 0 Å². The first-order valence-electron chi connectivity index (χ1n) is 16.1. The number of nitrogens with one attached hydrogen (secondary N) is 2. The van der Waals surface area contributed by atoms with Crippen molar-refractivity contribution in [3.63, 3.8) is 0 Å². The summed E-state index contributed by atoms with van der Waals surface area (Å²) < 4.78 is 26.5. The van der Waals surface area contributed by atoms with Gasteiger partial charge in [0.1, 0.15) is 23.2 Å². The molecular formula is C34H40FN9O5. The quantitative estimate of drug-likeness (QED) is 0.215. The highest BCUT2D eigenvalue weighted by atomic mass is 19.1. The first-order chi connectivity index (χ1) is 23.5. The van der Waals surface area contributed by atoms with Gasteiger partial charge in [-0.1, -0.05) is 18.2 Å². The molecule has 49 heavy (non-hydrogen) atoms. The SMILES string of the molecule is COCCN1C[C@@H](NC(=O)Nc2c(C)c(-c3cnc(N(C(=O)OC(C)(C)C)C4CC4)nc3)nn2-c2ccccc2)[C@H](c2ccnc(F)c2)O1. The Hall–Kier alpha value is -4.99. The van der Waals surface area contributed by atoms with Crippen LogP contribution in [-0.2, 0) is 14.3 Å². The second kappa shape index (κ2) is 14.2. The van der Waals surface area contributed by atoms with Crippen LogP contribution in [-0.4, -0.2) is 86.4 Å². The first-order valence-corrected chi connectivity index (χ1v) is 16.1. The van der Waals surface area contributed by atoms with E-state index in [4.69, 9.17) is 19.4 Å². The van der Waals surface area contributed by atoms with Crippen LogP contribution in [0.15, 0.2) is 61.1 Å². The maximum atomic E-state index is 14.0. The average molecular weight is 674 g/mol. The van der Waals surface area contributed by atoms with Crippen molar-refractivity contribution in [1.29, 1.82) is 0 Å². The fraction of sp³-hybridized carbons (Fsp3) is 0.412. The van der Waals surface area contributed by atoms with Crippen molar-refractivity contribution in [2.75, 3.05) is 37.0 Å². The molecule has 0 spiro atoms. The van der Waals surface area contributed by atoms with Crippen molar-refractivity contribution in [2.24, 2.45) is 0 Å². The topological polar surface area (TPSA) is 149 Å². The molecule has 0 bridgehead atoms. The van der Waals surface area contributed by atoms with E-state index < -0.39 is 35.8 Å². The summed E-state index contributed by atoms with van der Waals surface area (Å²) in [5, 5.41) is 12.5. The molecule has 15 heteroatoms. The number of ether oxygens (including phenoxy) is 2. The minimum Gasteiger partial charge on any atom is -0.443 e. The lowest BCUT2D eigenvalue weighted by atomic mass is 10.0. The summed E-state index contributed by atoms with van der Waals surface area (Å²) in [4.78, 5) is 46.9. The van der Waals surface area contributed by atoms with Gasteiger partial charge in [-0.15, -0.1) is 0 Å². The molecule has 0 radical (unpaired) electrons. The molecule has 1 aromatic carbocycles. The third kappa shape index (κ3) is 8.01. The van der Waals surface area contributed by atoms with Crippen molar-refractivity contribution in [3.05, 3.63) is 78.1 Å². The van der Waals surface area contributed by atoms with Crippen LogP contribution < -0.4 is 15.5 Å². The van der Waals surface area contributed by atoms with E-state index in [2.05, 4.69) is 25.6 Å². The zero-order valence-electron chi connectivity index (χ0n) is 28.1. The van der Waals surface area contributed by atoms with Gasteiger partial charge >= 0.3 is 12.1 Å². The van der Waals surface area contributed by atoms with Gasteiger partial charge in [-0.3, -0.25) is 10.2 Å². The van der Waals surface area contributed by atoms with Crippen LogP contribution >= 0.6 is 0 Å². The van der Waals surface area contributed by atoms with Crippen LogP contribution in [0.2, 0.25) is 0 Å². The molecule has 4 heterocycles. The standard InChI is InChI=1S/C34H40FN9O5/c1-21-28(23-18-37-31(38-19-23)43(24-11-12-24)33(46)48-34(2,3)4)41-44(25-9-7-6-8-10-25)30(21)40-32(45)39-26-20-42(15-16-47-5)49-29(26)22-13-14-36-27(35)17-22/h6-10,13-14,17-19,24,26,29H,11-12,15-16,20H2,1-5H3,(H2,39,40,45)/t26-,29+/m1/s1. The average Bonchev–Trinajstić information content (AvgIpc) is 3.73. The van der Waals surface area contributed by atoms with E-state index in [1.807, 2.05) is 58.0 Å². The number of urea groups is 1. The van der Waals surface area contributed by atoms with Gasteiger partial charge in [-0.2, -0.15) is 14.6 Å². The minimum atomic E-state index is -0.659. The summed E-state index contributed by atoms with van der Waals surface area (Å²) in [5.74, 6) is 0.0368. The van der Waals surface area contributed by atoms with Gasteiger partial charge in [0.25, 0.3) is 0 Å². The summed E-state index contributed by atoms with van der Waals surface area (Å²) >= 11 is 0. The molecule has 2 N–H and O–H groups in total. The summed E-state index contributed by atoms with van der Waals surface area (Å²) in [6, 6.07) is 11.3. The van der Waals surface area contributed by atoms with Crippen molar-refractivity contribution in [2.45, 2.75) is 64.3 Å². The molecule has 2 fully saturated rings. The van der Waals surface area contributed by atoms with Crippen LogP contribution in [0.25, 0.3) is 16.9 Å². The molecule has 3 amide bonds. The Bertz CT molecular complexity index is 1780. The molecule has 1 saturated heterocycles. The molecule has 3 aromatic heterocycles. The van der Waals surface area contributed by atoms with Gasteiger partial charge in [-0.25, -0.2) is 34.1 Å². The van der Waals surface area contributed by atoms with E-state index >= 15 is 0 Å². The Morgan fingerprint density at radius 1 is 1.10 bits per heavy atom. The number of para-hydroxylation sites is 1. The smallest absolute Gasteiger partial charge is 0.417 e. The molecule has 1 saturated carbocycles. The van der Waals surface area contributed by atoms with E-state index in [1.54, 1.807) is 35.3 Å². The molecule has 258 valence electrons. The van der Waals surface area contributed by atoms with Gasteiger partial charge in [0, 0.05) is 56.0 Å². The highest BCUT2D eigenvalue weighted by Crippen LogP contribution is 2.34. The molecule has 6 rings (SSSR count). The lowest BCUT2D eigenvalue weighted by Crippen LogP contribution is -2.42. The van der Waals surface area contributed by atoms with Crippen molar-refractivity contribution in [3.8, 4) is 16.9 Å². The monoisotopic (exact) mass is 673 g/mol. The minimum absolute atomic E-state index is 0.0106. The van der Waals surface area contributed by atoms with Crippen LogP contribution in [0, 0.1) is 12.9 Å². The number of nitrogens with zero attached hydrogens (tertiary/aromatic N) is 7. The summed E-state index contributed by atoms with van der Waals surface area (Å²) in [6.07, 6.45) is 5.14. The van der Waals surface area contributed by atoms with Crippen molar-refractivity contribution < 1.29 is 28.3 Å². The predicted molar refractivity (Wildman–Crippen MR) is 178 cm³/mol. The largest absolute Gasteiger partial charge is 0.443 e. The van der Waals surface area contributed by atoms with Gasteiger partial charge in [0.05, 0.1) is 18.3 Å². The fourth-order valence-electron chi connectivity index (χ4n) is 5.53. The molecular weight excluding hydrogens is 633 g/mol. The number of benzene rings is 1. The van der Waals surface area contributed by atoms with Crippen LogP contribution in [0.1, 0.15) is 50.8 Å². The highest BCUT2D eigenvalue weighted by Gasteiger charge is 2.39. The van der Waals surface area contributed by atoms with E-state index in [9.17, 15) is 14.0 Å². The zero-order chi connectivity index (χ0) is 34.7. The number of methoxy groups -OCH3 is 1. The van der Waals surface area contributed by atoms with Gasteiger partial charge in [0.2, 0.25) is 11.9 Å². The molecule has 4 aromatic rings. The summed E-state index contributed by atoms with van der Waals surface area (Å²) in [5.41, 5.74) is 2.40. The lowest BCUT2D eigenvalue weighted by molar-refractivity contribution is -0.154. The number of pyridine rings is 1. The van der Waals surface area contributed by atoms with Gasteiger partial charge in [-0.05, 0) is 70.4 Å². The second-order valence-corrected chi connectivity index (χ2v) is 12.9. The summed E-state index contributed by atoms with van der Waals surface area (Å²) in [6.45, 7) is 8.51. The zero-order valence-corrected chi connectivity index (χ0v) is 28.1. The molecule has 2 atom stereocenters. The molecule has 2 aliphatic rings. The number of rotatable bonds is 10. The van der Waals surface area contributed by atoms with Crippen LogP contribution in [0.5, 0.6) is 0 Å². The lowest BCUT2D eigenvalue weighted by Gasteiger charge is -2.26. The highest BCUT2D eigenvalue weighted by molar-refractivity contribution is 5.91. The Kier molecular flexibility index (Phi) is 9.85. The number of carbonyl (C=O) groups is 2. The fourth-order valence-corrected chi connectivity index (χ4v) is 5.53. The second-order valence-electron chi connectivity index (χ2n) is 12.9.